The van der Waals surface area contributed by atoms with E-state index in [1.807, 2.05) is 42.1 Å². The van der Waals surface area contributed by atoms with Gasteiger partial charge in [0.2, 0.25) is 0 Å². The second-order valence-electron chi connectivity index (χ2n) is 4.67. The van der Waals surface area contributed by atoms with E-state index in [9.17, 15) is 0 Å². The van der Waals surface area contributed by atoms with Crippen LogP contribution in [0.4, 0.5) is 0 Å². The van der Waals surface area contributed by atoms with Gasteiger partial charge in [-0.15, -0.1) is 0 Å². The Labute approximate surface area is 125 Å². The number of nitrogens with one attached hydrogen (secondary N) is 2. The SMILES string of the molecule is Cc1ccn(CCCNC(=S)NCc2ccccc2)n1. The summed E-state index contributed by atoms with van der Waals surface area (Å²) < 4.78 is 1.96. The van der Waals surface area contributed by atoms with Crippen LogP contribution in [0.25, 0.3) is 0 Å². The van der Waals surface area contributed by atoms with Crippen LogP contribution in [0, 0.1) is 6.92 Å². The van der Waals surface area contributed by atoms with Crippen molar-refractivity contribution >= 4 is 17.3 Å². The van der Waals surface area contributed by atoms with E-state index in [0.717, 1.165) is 31.7 Å². The summed E-state index contributed by atoms with van der Waals surface area (Å²) >= 11 is 5.24. The second kappa shape index (κ2) is 7.65. The van der Waals surface area contributed by atoms with Gasteiger partial charge in [-0.05, 0) is 37.2 Å². The molecule has 0 aliphatic rings. The molecule has 20 heavy (non-hydrogen) atoms. The van der Waals surface area contributed by atoms with E-state index >= 15 is 0 Å². The zero-order chi connectivity index (χ0) is 14.2. The predicted molar refractivity (Wildman–Crippen MR) is 85.5 cm³/mol. The van der Waals surface area contributed by atoms with Crippen molar-refractivity contribution in [2.24, 2.45) is 0 Å². The summed E-state index contributed by atoms with van der Waals surface area (Å²) in [5.41, 5.74) is 2.28. The van der Waals surface area contributed by atoms with Crippen molar-refractivity contribution in [2.45, 2.75) is 26.4 Å². The van der Waals surface area contributed by atoms with Crippen LogP contribution in [0.3, 0.4) is 0 Å². The van der Waals surface area contributed by atoms with Gasteiger partial charge in [-0.1, -0.05) is 30.3 Å². The lowest BCUT2D eigenvalue weighted by Crippen LogP contribution is -2.35. The Kier molecular flexibility index (Phi) is 5.55. The molecule has 0 atom stereocenters. The number of nitrogens with zero attached hydrogens (tertiary/aromatic N) is 2. The maximum absolute atomic E-state index is 5.24. The molecule has 0 aliphatic heterocycles. The van der Waals surface area contributed by atoms with E-state index in [4.69, 9.17) is 12.2 Å². The lowest BCUT2D eigenvalue weighted by Gasteiger charge is -2.10. The van der Waals surface area contributed by atoms with Crippen LogP contribution < -0.4 is 10.6 Å². The Balaban J connectivity index is 1.58. The minimum atomic E-state index is 0.700. The third-order valence-electron chi connectivity index (χ3n) is 2.92. The molecule has 2 N–H and O–H groups in total. The maximum Gasteiger partial charge on any atom is 0.166 e. The monoisotopic (exact) mass is 288 g/mol. The molecule has 4 nitrogen and oxygen atoms in total. The number of aromatic nitrogens is 2. The first-order valence-electron chi connectivity index (χ1n) is 6.80. The van der Waals surface area contributed by atoms with Gasteiger partial charge in [0.05, 0.1) is 5.69 Å². The lowest BCUT2D eigenvalue weighted by molar-refractivity contribution is 0.568. The number of aryl methyl sites for hydroxylation is 2. The van der Waals surface area contributed by atoms with E-state index in [2.05, 4.69) is 27.9 Å². The van der Waals surface area contributed by atoms with Crippen LogP contribution >= 0.6 is 12.2 Å². The number of thiocarbonyl (C=S) groups is 1. The molecule has 0 radical (unpaired) electrons. The molecular formula is C15H20N4S. The molecule has 0 unspecified atom stereocenters. The molecule has 1 aromatic heterocycles. The number of hydrogen-bond acceptors (Lipinski definition) is 2. The molecule has 0 fully saturated rings. The summed E-state index contributed by atoms with van der Waals surface area (Å²) in [6, 6.07) is 12.2. The van der Waals surface area contributed by atoms with Crippen molar-refractivity contribution in [3.8, 4) is 0 Å². The van der Waals surface area contributed by atoms with Gasteiger partial charge in [0, 0.05) is 25.8 Å². The fourth-order valence-electron chi connectivity index (χ4n) is 1.87. The zero-order valence-corrected chi connectivity index (χ0v) is 12.5. The van der Waals surface area contributed by atoms with E-state index in [-0.39, 0.29) is 0 Å². The third kappa shape index (κ3) is 5.01. The van der Waals surface area contributed by atoms with Gasteiger partial charge in [0.1, 0.15) is 0 Å². The first-order valence-corrected chi connectivity index (χ1v) is 7.20. The normalized spacial score (nSPS) is 10.2. The summed E-state index contributed by atoms with van der Waals surface area (Å²) in [7, 11) is 0. The van der Waals surface area contributed by atoms with Crippen molar-refractivity contribution in [3.63, 3.8) is 0 Å². The van der Waals surface area contributed by atoms with Crippen molar-refractivity contribution < 1.29 is 0 Å². The molecule has 0 aliphatic carbocycles. The summed E-state index contributed by atoms with van der Waals surface area (Å²) in [5, 5.41) is 11.5. The van der Waals surface area contributed by atoms with Crippen molar-refractivity contribution in [3.05, 3.63) is 53.9 Å². The van der Waals surface area contributed by atoms with Gasteiger partial charge in [-0.3, -0.25) is 4.68 Å². The van der Waals surface area contributed by atoms with Crippen LogP contribution in [0.15, 0.2) is 42.6 Å². The van der Waals surface area contributed by atoms with E-state index in [1.165, 1.54) is 5.56 Å². The molecule has 2 aromatic rings. The average Bonchev–Trinajstić information content (AvgIpc) is 2.88. The molecule has 5 heteroatoms. The summed E-state index contributed by atoms with van der Waals surface area (Å²) in [6.07, 6.45) is 3.00. The lowest BCUT2D eigenvalue weighted by atomic mass is 10.2. The maximum atomic E-state index is 5.24. The predicted octanol–water partition coefficient (Wildman–Crippen LogP) is 2.25. The number of rotatable bonds is 6. The van der Waals surface area contributed by atoms with Crippen molar-refractivity contribution in [1.82, 2.24) is 20.4 Å². The van der Waals surface area contributed by atoms with Crippen LogP contribution in [0.1, 0.15) is 17.7 Å². The van der Waals surface area contributed by atoms with E-state index < -0.39 is 0 Å². The van der Waals surface area contributed by atoms with Gasteiger partial charge < -0.3 is 10.6 Å². The van der Waals surface area contributed by atoms with Gasteiger partial charge >= 0.3 is 0 Å². The van der Waals surface area contributed by atoms with Gasteiger partial charge in [-0.25, -0.2) is 0 Å². The highest BCUT2D eigenvalue weighted by Gasteiger charge is 1.97. The topological polar surface area (TPSA) is 41.9 Å². The number of benzene rings is 1. The van der Waals surface area contributed by atoms with Crippen LogP contribution in [0.2, 0.25) is 0 Å². The van der Waals surface area contributed by atoms with Gasteiger partial charge in [0.25, 0.3) is 0 Å². The molecule has 0 amide bonds. The highest BCUT2D eigenvalue weighted by Crippen LogP contribution is 1.97. The largest absolute Gasteiger partial charge is 0.363 e. The van der Waals surface area contributed by atoms with Gasteiger partial charge in [-0.2, -0.15) is 5.10 Å². The highest BCUT2D eigenvalue weighted by atomic mass is 32.1. The molecule has 1 heterocycles. The molecule has 0 saturated heterocycles. The summed E-state index contributed by atoms with van der Waals surface area (Å²) in [4.78, 5) is 0. The summed E-state index contributed by atoms with van der Waals surface area (Å²) in [5.74, 6) is 0. The molecular weight excluding hydrogens is 268 g/mol. The second-order valence-corrected chi connectivity index (χ2v) is 5.08. The Morgan fingerprint density at radius 2 is 2.00 bits per heavy atom. The average molecular weight is 288 g/mol. The standard InChI is InChI=1S/C15H20N4S/c1-13-8-11-19(18-13)10-5-9-16-15(20)17-12-14-6-3-2-4-7-14/h2-4,6-8,11H,5,9-10,12H2,1H3,(H2,16,17,20). The van der Waals surface area contributed by atoms with Gasteiger partial charge in [0.15, 0.2) is 5.11 Å². The highest BCUT2D eigenvalue weighted by molar-refractivity contribution is 7.80. The molecule has 0 saturated carbocycles. The summed E-state index contributed by atoms with van der Waals surface area (Å²) in [6.45, 7) is 4.50. The molecule has 2 rings (SSSR count). The van der Waals surface area contributed by atoms with E-state index in [1.54, 1.807) is 0 Å². The molecule has 106 valence electrons. The van der Waals surface area contributed by atoms with Crippen LogP contribution in [-0.2, 0) is 13.1 Å². The Hall–Kier alpha value is -1.88. The fraction of sp³-hybridized carbons (Fsp3) is 0.333. The van der Waals surface area contributed by atoms with Crippen molar-refractivity contribution in [2.75, 3.05) is 6.54 Å². The zero-order valence-electron chi connectivity index (χ0n) is 11.7. The van der Waals surface area contributed by atoms with E-state index in [0.29, 0.717) is 5.11 Å². The minimum Gasteiger partial charge on any atom is -0.363 e. The Morgan fingerprint density at radius 3 is 2.70 bits per heavy atom. The molecule has 1 aromatic carbocycles. The number of hydrogen-bond donors (Lipinski definition) is 2. The van der Waals surface area contributed by atoms with Crippen LogP contribution in [-0.4, -0.2) is 21.4 Å². The fourth-order valence-corrected chi connectivity index (χ4v) is 2.05. The molecule has 0 spiro atoms. The Bertz CT molecular complexity index is 536. The third-order valence-corrected chi connectivity index (χ3v) is 3.21. The first-order chi connectivity index (χ1) is 9.74. The van der Waals surface area contributed by atoms with Crippen LogP contribution in [0.5, 0.6) is 0 Å². The van der Waals surface area contributed by atoms with Crippen molar-refractivity contribution in [1.29, 1.82) is 0 Å². The smallest absolute Gasteiger partial charge is 0.166 e. The molecule has 0 bridgehead atoms. The minimum absolute atomic E-state index is 0.700. The Morgan fingerprint density at radius 1 is 1.20 bits per heavy atom. The quantitative estimate of drug-likeness (QED) is 0.632. The first kappa shape index (κ1) is 14.5.